The molecule has 2 aliphatic rings. The summed E-state index contributed by atoms with van der Waals surface area (Å²) >= 11 is 0. The maximum atomic E-state index is 6.36. The van der Waals surface area contributed by atoms with Crippen LogP contribution in [-0.4, -0.2) is 44.9 Å². The molecule has 10 heteroatoms. The van der Waals surface area contributed by atoms with Gasteiger partial charge in [-0.15, -0.1) is 0 Å². The number of furan rings is 1. The number of nitrogens with zero attached hydrogens (tertiary/aromatic N) is 9. The van der Waals surface area contributed by atoms with Crippen molar-refractivity contribution in [3.63, 3.8) is 0 Å². The first kappa shape index (κ1) is 83.6. The highest BCUT2D eigenvalue weighted by Gasteiger charge is 2.46. The van der Waals surface area contributed by atoms with Gasteiger partial charge in [-0.25, -0.2) is 44.9 Å². The molecule has 0 spiro atoms. The number of rotatable bonds is 11. The third-order valence-corrected chi connectivity index (χ3v) is 29.2. The molecule has 0 N–H and O–H groups in total. The molecule has 10 nitrogen and oxygen atoms in total. The standard InChI is InChI=1S/C52H33N3.C42H29N3.C39H23N3O/c1-4-15-35(16-5-1)49-53-50(37-26-28-42-36(32-37)25-30-43-41-21-11-10-14-34(41)24-29-44(42)43)55-51(54-49)38-27-31-46-45-22-12-13-23-47(45)52(48(46)33-38,39-17-6-2-7-18-39)40-19-8-3-9-20-40;1-42(2)37-15-9-8-14-35(37)36-23-19-30(25-38(36)42)41-44-39(27-11-4-3-5-12-27)43-40(45-41)29-18-20-32-28(24-29)17-22-33-31-13-7-6-10-26(31)16-21-34(32)33;1-2-10-25(11-3-1)37-40-38(42-39(41-37)34-15-8-14-33-32-13-6-7-16-35(32)43-36(33)34)27-19-20-29-26(23-27)18-22-30-28-12-5-4-9-24(28)17-21-31(29)30/h1-33H;3-25H,1-2H3;1-23H. The second kappa shape index (κ2) is 34.1. The Morgan fingerprint density at radius 3 is 0.853 bits per heavy atom. The van der Waals surface area contributed by atoms with Gasteiger partial charge in [-0.2, -0.15) is 0 Å². The van der Waals surface area contributed by atoms with Gasteiger partial charge in [0.05, 0.1) is 11.0 Å². The molecule has 0 aliphatic heterocycles. The quantitative estimate of drug-likeness (QED) is 0.115. The van der Waals surface area contributed by atoms with E-state index in [9.17, 15) is 0 Å². The van der Waals surface area contributed by atoms with E-state index in [4.69, 9.17) is 49.3 Å². The predicted molar refractivity (Wildman–Crippen MR) is 588 cm³/mol. The highest BCUT2D eigenvalue weighted by atomic mass is 16.3. The van der Waals surface area contributed by atoms with Crippen molar-refractivity contribution >= 4 is 119 Å². The highest BCUT2D eigenvalue weighted by Crippen LogP contribution is 2.58. The molecule has 0 amide bonds. The molecule has 4 aromatic heterocycles. The summed E-state index contributed by atoms with van der Waals surface area (Å²) in [4.78, 5) is 45.7. The molecular formula is C133H85N9O. The second-order valence-corrected chi connectivity index (χ2v) is 37.7. The molecule has 0 bridgehead atoms. The van der Waals surface area contributed by atoms with Gasteiger partial charge in [0.2, 0.25) is 0 Å². The average molecular weight is 1830 g/mol. The van der Waals surface area contributed by atoms with Gasteiger partial charge in [-0.1, -0.05) is 451 Å². The molecule has 0 saturated carbocycles. The summed E-state index contributed by atoms with van der Waals surface area (Å²) in [5, 5.41) is 24.3. The summed E-state index contributed by atoms with van der Waals surface area (Å²) in [5.74, 6) is 5.78. The van der Waals surface area contributed by atoms with Crippen LogP contribution in [0.15, 0.2) is 484 Å². The number of para-hydroxylation sites is 2. The topological polar surface area (TPSA) is 129 Å². The lowest BCUT2D eigenvalue weighted by molar-refractivity contribution is 0.660. The van der Waals surface area contributed by atoms with E-state index in [2.05, 4.69) is 396 Å². The van der Waals surface area contributed by atoms with Crippen LogP contribution >= 0.6 is 0 Å². The predicted octanol–water partition coefficient (Wildman–Crippen LogP) is 33.6. The Bertz CT molecular complexity index is 9800. The lowest BCUT2D eigenvalue weighted by atomic mass is 9.67. The van der Waals surface area contributed by atoms with E-state index < -0.39 is 5.41 Å². The van der Waals surface area contributed by atoms with E-state index in [1.807, 2.05) is 97.1 Å². The van der Waals surface area contributed by atoms with Crippen LogP contribution in [0, 0.1) is 0 Å². The Morgan fingerprint density at radius 2 is 0.434 bits per heavy atom. The molecule has 0 saturated heterocycles. The second-order valence-electron chi connectivity index (χ2n) is 37.7. The zero-order valence-corrected chi connectivity index (χ0v) is 78.0. The first-order valence-electron chi connectivity index (χ1n) is 48.6. The van der Waals surface area contributed by atoms with Crippen molar-refractivity contribution in [2.45, 2.75) is 24.7 Å². The van der Waals surface area contributed by atoms with Crippen LogP contribution in [0.4, 0.5) is 0 Å². The van der Waals surface area contributed by atoms with Crippen molar-refractivity contribution < 1.29 is 4.42 Å². The van der Waals surface area contributed by atoms with Crippen molar-refractivity contribution in [2.75, 3.05) is 0 Å². The molecule has 0 radical (unpaired) electrons. The molecule has 29 rings (SSSR count). The Hall–Kier alpha value is -18.8. The van der Waals surface area contributed by atoms with Crippen LogP contribution in [0.2, 0.25) is 0 Å². The minimum absolute atomic E-state index is 0.105. The SMILES string of the molecule is CC1(C)c2ccccc2-c2ccc(-c3nc(-c4ccccc4)nc(-c4ccc5c(ccc6c7ccccc7ccc56)c4)n3)cc21.c1ccc(-c2nc(-c3ccc4c(c3)C(c3ccccc3)(c3ccccc3)c3ccccc3-4)nc(-c3ccc4c(ccc5c6ccccc6ccc45)c3)n2)cc1.c1ccc(-c2nc(-c3ccc4c(ccc5c6ccccc6ccc45)c3)nc(-c3cccc4c3oc3ccccc34)n2)cc1. The zero-order valence-electron chi connectivity index (χ0n) is 78.0. The largest absolute Gasteiger partial charge is 0.455 e. The first-order valence-corrected chi connectivity index (χ1v) is 48.6. The van der Waals surface area contributed by atoms with Crippen LogP contribution < -0.4 is 0 Å². The Balaban J connectivity index is 0.000000108. The Labute approximate surface area is 824 Å². The molecule has 2 aliphatic carbocycles. The van der Waals surface area contributed by atoms with Gasteiger partial charge in [0, 0.05) is 60.7 Å². The van der Waals surface area contributed by atoms with Gasteiger partial charge < -0.3 is 4.42 Å². The summed E-state index contributed by atoms with van der Waals surface area (Å²) in [5.41, 5.74) is 22.1. The number of benzene rings is 23. The van der Waals surface area contributed by atoms with E-state index in [0.717, 1.165) is 88.2 Å². The molecule has 0 fully saturated rings. The van der Waals surface area contributed by atoms with Gasteiger partial charge in [-0.3, -0.25) is 0 Å². The molecule has 668 valence electrons. The third kappa shape index (κ3) is 14.3. The number of hydrogen-bond donors (Lipinski definition) is 0. The van der Waals surface area contributed by atoms with Crippen molar-refractivity contribution in [3.8, 4) is 125 Å². The summed E-state index contributed by atoms with van der Waals surface area (Å²) in [6.07, 6.45) is 0. The molecule has 143 heavy (non-hydrogen) atoms. The third-order valence-electron chi connectivity index (χ3n) is 29.2. The average Bonchev–Trinajstić information content (AvgIpc) is 1.54. The summed E-state index contributed by atoms with van der Waals surface area (Å²) < 4.78 is 6.36. The van der Waals surface area contributed by atoms with Crippen LogP contribution in [0.25, 0.3) is 244 Å². The molecule has 27 aromatic rings. The lowest BCUT2D eigenvalue weighted by Gasteiger charge is -2.34. The van der Waals surface area contributed by atoms with Gasteiger partial charge in [0.15, 0.2) is 52.4 Å². The molecule has 23 aromatic carbocycles. The maximum absolute atomic E-state index is 6.36. The Kier molecular flexibility index (Phi) is 20.0. The van der Waals surface area contributed by atoms with Gasteiger partial charge in [0.25, 0.3) is 0 Å². The van der Waals surface area contributed by atoms with Gasteiger partial charge in [-0.05, 0) is 195 Å². The van der Waals surface area contributed by atoms with E-state index in [1.165, 1.54) is 136 Å². The van der Waals surface area contributed by atoms with Crippen LogP contribution in [-0.2, 0) is 10.8 Å². The number of aromatic nitrogens is 9. The van der Waals surface area contributed by atoms with Crippen molar-refractivity contribution in [1.82, 2.24) is 44.9 Å². The minimum atomic E-state index is -0.519. The van der Waals surface area contributed by atoms with Gasteiger partial charge >= 0.3 is 0 Å². The Morgan fingerprint density at radius 1 is 0.161 bits per heavy atom. The van der Waals surface area contributed by atoms with Crippen LogP contribution in [0.3, 0.4) is 0 Å². The summed E-state index contributed by atoms with van der Waals surface area (Å²) in [6.45, 7) is 4.61. The smallest absolute Gasteiger partial charge is 0.167 e. The monoisotopic (exact) mass is 1820 g/mol. The number of hydrogen-bond acceptors (Lipinski definition) is 10. The van der Waals surface area contributed by atoms with Crippen molar-refractivity contribution in [3.05, 3.63) is 513 Å². The molecular weight excluding hydrogens is 1740 g/mol. The molecule has 0 unspecified atom stereocenters. The van der Waals surface area contributed by atoms with E-state index >= 15 is 0 Å². The molecule has 4 heterocycles. The van der Waals surface area contributed by atoms with Crippen LogP contribution in [0.5, 0.6) is 0 Å². The number of fused-ring (bicyclic) bond motifs is 24. The normalized spacial score (nSPS) is 12.7. The minimum Gasteiger partial charge on any atom is -0.455 e. The van der Waals surface area contributed by atoms with Crippen LogP contribution in [0.1, 0.15) is 47.2 Å². The first-order chi connectivity index (χ1) is 70.6. The van der Waals surface area contributed by atoms with Crippen molar-refractivity contribution in [2.24, 2.45) is 0 Å². The van der Waals surface area contributed by atoms with Crippen molar-refractivity contribution in [1.29, 1.82) is 0 Å². The molecule has 0 atom stereocenters. The zero-order chi connectivity index (χ0) is 94.8. The van der Waals surface area contributed by atoms with E-state index in [1.54, 1.807) is 0 Å². The fourth-order valence-corrected chi connectivity index (χ4v) is 22.3. The maximum Gasteiger partial charge on any atom is 0.167 e. The van der Waals surface area contributed by atoms with E-state index in [-0.39, 0.29) is 5.41 Å². The highest BCUT2D eigenvalue weighted by molar-refractivity contribution is 6.21. The summed E-state index contributed by atoms with van der Waals surface area (Å²) in [6, 6.07) is 169. The van der Waals surface area contributed by atoms with Gasteiger partial charge in [0.1, 0.15) is 11.2 Å². The van der Waals surface area contributed by atoms with E-state index in [0.29, 0.717) is 52.4 Å². The summed E-state index contributed by atoms with van der Waals surface area (Å²) in [7, 11) is 0. The fourth-order valence-electron chi connectivity index (χ4n) is 22.3. The fraction of sp³-hybridized carbons (Fsp3) is 0.0301. The lowest BCUT2D eigenvalue weighted by Crippen LogP contribution is -2.28.